The third-order valence-corrected chi connectivity index (χ3v) is 11.3. The molecule has 9 aromatic carbocycles. The fourth-order valence-corrected chi connectivity index (χ4v) is 8.45. The van der Waals surface area contributed by atoms with Crippen LogP contribution in [0.5, 0.6) is 0 Å². The van der Waals surface area contributed by atoms with Gasteiger partial charge in [0, 0.05) is 33.0 Å². The smallest absolute Gasteiger partial charge is 0.164 e. The molecule has 0 saturated carbocycles. The average Bonchev–Trinajstić information content (AvgIpc) is 3.66. The van der Waals surface area contributed by atoms with Crippen molar-refractivity contribution in [3.05, 3.63) is 218 Å². The lowest BCUT2D eigenvalue weighted by Gasteiger charge is -2.15. The molecular weight excluding hydrogens is 717 g/mol. The third-order valence-electron chi connectivity index (χ3n) is 11.3. The molecule has 2 heterocycles. The highest BCUT2D eigenvalue weighted by molar-refractivity contribution is 6.10. The van der Waals surface area contributed by atoms with E-state index in [2.05, 4.69) is 162 Å². The summed E-state index contributed by atoms with van der Waals surface area (Å²) in [6.07, 6.45) is 0. The molecule has 11 aromatic rings. The number of nitrogens with zero attached hydrogens (tertiary/aromatic N) is 4. The molecule has 0 amide bonds. The first-order valence-corrected chi connectivity index (χ1v) is 19.9. The predicted molar refractivity (Wildman–Crippen MR) is 244 cm³/mol. The zero-order chi connectivity index (χ0) is 39.1. The third kappa shape index (κ3) is 6.15. The monoisotopic (exact) mass is 752 g/mol. The fraction of sp³-hybridized carbons (Fsp3) is 0. The quantitative estimate of drug-likeness (QED) is 0.163. The van der Waals surface area contributed by atoms with Gasteiger partial charge in [-0.3, -0.25) is 0 Å². The second-order valence-corrected chi connectivity index (χ2v) is 14.8. The first kappa shape index (κ1) is 34.3. The molecule has 0 saturated heterocycles. The number of aromatic nitrogens is 4. The highest BCUT2D eigenvalue weighted by Gasteiger charge is 2.17. The Kier molecular flexibility index (Phi) is 8.45. The van der Waals surface area contributed by atoms with Crippen molar-refractivity contribution in [2.45, 2.75) is 0 Å². The predicted octanol–water partition coefficient (Wildman–Crippen LogP) is 14.1. The first-order valence-electron chi connectivity index (χ1n) is 19.9. The van der Waals surface area contributed by atoms with Gasteiger partial charge in [0.1, 0.15) is 0 Å². The van der Waals surface area contributed by atoms with Crippen LogP contribution in [0.25, 0.3) is 106 Å². The summed E-state index contributed by atoms with van der Waals surface area (Å²) in [6.45, 7) is 0. The van der Waals surface area contributed by atoms with E-state index in [0.717, 1.165) is 38.6 Å². The van der Waals surface area contributed by atoms with Gasteiger partial charge in [-0.05, 0) is 62.9 Å². The van der Waals surface area contributed by atoms with Crippen molar-refractivity contribution in [3.63, 3.8) is 0 Å². The molecular formula is C55H36N4. The molecule has 0 aliphatic carbocycles. The Morgan fingerprint density at radius 3 is 1.19 bits per heavy atom. The van der Waals surface area contributed by atoms with Crippen LogP contribution in [-0.4, -0.2) is 19.5 Å². The molecule has 0 aliphatic rings. The molecule has 0 N–H and O–H groups in total. The van der Waals surface area contributed by atoms with Crippen molar-refractivity contribution in [3.8, 4) is 73.2 Å². The van der Waals surface area contributed by atoms with Gasteiger partial charge in [0.05, 0.1) is 16.7 Å². The lowest BCUT2D eigenvalue weighted by molar-refractivity contribution is 1.08. The molecule has 0 fully saturated rings. The molecule has 0 spiro atoms. The van der Waals surface area contributed by atoms with E-state index in [9.17, 15) is 0 Å². The van der Waals surface area contributed by atoms with Crippen molar-refractivity contribution in [1.82, 2.24) is 19.5 Å². The minimum atomic E-state index is 0.650. The molecule has 0 radical (unpaired) electrons. The van der Waals surface area contributed by atoms with Gasteiger partial charge < -0.3 is 4.57 Å². The number of para-hydroxylation sites is 3. The summed E-state index contributed by atoms with van der Waals surface area (Å²) in [5, 5.41) is 4.76. The van der Waals surface area contributed by atoms with E-state index in [1.807, 2.05) is 60.7 Å². The van der Waals surface area contributed by atoms with Gasteiger partial charge in [0.15, 0.2) is 17.5 Å². The van der Waals surface area contributed by atoms with Crippen LogP contribution < -0.4 is 0 Å². The van der Waals surface area contributed by atoms with Crippen LogP contribution >= 0.6 is 0 Å². The van der Waals surface area contributed by atoms with Crippen molar-refractivity contribution >= 4 is 32.6 Å². The van der Waals surface area contributed by atoms with E-state index in [4.69, 9.17) is 15.0 Å². The van der Waals surface area contributed by atoms with Crippen molar-refractivity contribution in [1.29, 1.82) is 0 Å². The number of benzene rings is 9. The van der Waals surface area contributed by atoms with E-state index >= 15 is 0 Å². The van der Waals surface area contributed by atoms with Crippen LogP contribution in [0.4, 0.5) is 0 Å². The summed E-state index contributed by atoms with van der Waals surface area (Å²) >= 11 is 0. The number of rotatable bonds is 7. The SMILES string of the molecule is c1ccc(-c2nc(-c3ccccc3)nc(-c3ccc(-c4ccc(-c5ccc(-c6ccccc6-n6c7ccccc7c7ccccc76)cc5)cc4)c4ccccc34)n2)cc1. The Bertz CT molecular complexity index is 3180. The van der Waals surface area contributed by atoms with Crippen LogP contribution in [0.15, 0.2) is 218 Å². The van der Waals surface area contributed by atoms with Gasteiger partial charge in [-0.2, -0.15) is 0 Å². The zero-order valence-corrected chi connectivity index (χ0v) is 32.1. The molecule has 0 atom stereocenters. The first-order chi connectivity index (χ1) is 29.3. The Hall–Kier alpha value is -7.95. The molecule has 59 heavy (non-hydrogen) atoms. The molecule has 2 aromatic heterocycles. The number of hydrogen-bond donors (Lipinski definition) is 0. The Morgan fingerprint density at radius 1 is 0.237 bits per heavy atom. The van der Waals surface area contributed by atoms with Gasteiger partial charge in [0.2, 0.25) is 0 Å². The largest absolute Gasteiger partial charge is 0.309 e. The summed E-state index contributed by atoms with van der Waals surface area (Å²) in [7, 11) is 0. The number of fused-ring (bicyclic) bond motifs is 4. The highest BCUT2D eigenvalue weighted by atomic mass is 15.0. The van der Waals surface area contributed by atoms with Crippen molar-refractivity contribution in [2.24, 2.45) is 0 Å². The molecule has 0 unspecified atom stereocenters. The summed E-state index contributed by atoms with van der Waals surface area (Å²) < 4.78 is 2.40. The van der Waals surface area contributed by atoms with Crippen LogP contribution in [0.1, 0.15) is 0 Å². The molecule has 0 bridgehead atoms. The minimum absolute atomic E-state index is 0.650. The molecule has 276 valence electrons. The van der Waals surface area contributed by atoms with E-state index < -0.39 is 0 Å². The molecule has 0 aliphatic heterocycles. The van der Waals surface area contributed by atoms with E-state index in [1.165, 1.54) is 49.7 Å². The topological polar surface area (TPSA) is 43.6 Å². The Labute approximate surface area is 342 Å². The molecule has 11 rings (SSSR count). The number of hydrogen-bond acceptors (Lipinski definition) is 3. The van der Waals surface area contributed by atoms with Gasteiger partial charge in [0.25, 0.3) is 0 Å². The summed E-state index contributed by atoms with van der Waals surface area (Å²) in [6, 6.07) is 77.1. The standard InChI is InChI=1S/C55H36N4/c1-3-15-41(16-4-1)53-56-54(42-17-5-2-6-18-42)58-55(57-53)49-36-35-43(45-20-7-8-21-46(45)49)39-31-27-37(28-32-39)38-29-33-40(34-30-38)44-19-9-12-24-50(44)59-51-25-13-10-22-47(51)48-23-11-14-26-52(48)59/h1-36H. The fourth-order valence-electron chi connectivity index (χ4n) is 8.45. The van der Waals surface area contributed by atoms with E-state index in [0.29, 0.717) is 17.5 Å². The average molecular weight is 753 g/mol. The second-order valence-electron chi connectivity index (χ2n) is 14.8. The Balaban J connectivity index is 0.929. The molecule has 4 nitrogen and oxygen atoms in total. The lowest BCUT2D eigenvalue weighted by atomic mass is 9.93. The minimum Gasteiger partial charge on any atom is -0.309 e. The van der Waals surface area contributed by atoms with Crippen LogP contribution in [0.3, 0.4) is 0 Å². The van der Waals surface area contributed by atoms with Crippen molar-refractivity contribution in [2.75, 3.05) is 0 Å². The van der Waals surface area contributed by atoms with E-state index in [1.54, 1.807) is 0 Å². The maximum atomic E-state index is 5.04. The van der Waals surface area contributed by atoms with Crippen LogP contribution in [0.2, 0.25) is 0 Å². The van der Waals surface area contributed by atoms with Crippen LogP contribution in [0, 0.1) is 0 Å². The summed E-state index contributed by atoms with van der Waals surface area (Å²) in [4.78, 5) is 15.0. The highest BCUT2D eigenvalue weighted by Crippen LogP contribution is 2.39. The second kappa shape index (κ2) is 14.5. The van der Waals surface area contributed by atoms with Crippen LogP contribution in [-0.2, 0) is 0 Å². The zero-order valence-electron chi connectivity index (χ0n) is 32.1. The molecule has 4 heteroatoms. The maximum absolute atomic E-state index is 5.04. The van der Waals surface area contributed by atoms with Crippen molar-refractivity contribution < 1.29 is 0 Å². The van der Waals surface area contributed by atoms with Gasteiger partial charge >= 0.3 is 0 Å². The Morgan fingerprint density at radius 2 is 0.627 bits per heavy atom. The van der Waals surface area contributed by atoms with Gasteiger partial charge in [-0.25, -0.2) is 15.0 Å². The normalized spacial score (nSPS) is 11.4. The van der Waals surface area contributed by atoms with E-state index in [-0.39, 0.29) is 0 Å². The lowest BCUT2D eigenvalue weighted by Crippen LogP contribution is -2.00. The summed E-state index contributed by atoms with van der Waals surface area (Å²) in [5.41, 5.74) is 13.5. The summed E-state index contributed by atoms with van der Waals surface area (Å²) in [5.74, 6) is 1.95. The van der Waals surface area contributed by atoms with Gasteiger partial charge in [-0.15, -0.1) is 0 Å². The maximum Gasteiger partial charge on any atom is 0.164 e. The van der Waals surface area contributed by atoms with Gasteiger partial charge in [-0.1, -0.05) is 194 Å².